The van der Waals surface area contributed by atoms with Gasteiger partial charge < -0.3 is 15.0 Å². The van der Waals surface area contributed by atoms with E-state index in [4.69, 9.17) is 4.74 Å². The molecule has 2 amide bonds. The molecule has 0 saturated heterocycles. The Bertz CT molecular complexity index is 792. The molecule has 0 heterocycles. The van der Waals surface area contributed by atoms with E-state index in [1.54, 1.807) is 38.4 Å². The van der Waals surface area contributed by atoms with Gasteiger partial charge in [0.2, 0.25) is 0 Å². The van der Waals surface area contributed by atoms with E-state index < -0.39 is 0 Å². The molecule has 0 bridgehead atoms. The molecule has 5 heteroatoms. The summed E-state index contributed by atoms with van der Waals surface area (Å²) in [4.78, 5) is 25.5. The zero-order chi connectivity index (χ0) is 19.9. The normalized spacial score (nSPS) is 14.4. The van der Waals surface area contributed by atoms with Gasteiger partial charge in [-0.2, -0.15) is 0 Å². The van der Waals surface area contributed by atoms with Gasteiger partial charge in [-0.1, -0.05) is 31.4 Å². The Morgan fingerprint density at radius 3 is 2.21 bits per heavy atom. The first-order valence-corrected chi connectivity index (χ1v) is 9.87. The van der Waals surface area contributed by atoms with E-state index in [9.17, 15) is 9.59 Å². The molecular formula is C23H28N2O3. The van der Waals surface area contributed by atoms with E-state index in [-0.39, 0.29) is 18.4 Å². The quantitative estimate of drug-likeness (QED) is 0.805. The van der Waals surface area contributed by atoms with Crippen LogP contribution in [-0.4, -0.2) is 37.4 Å². The number of ether oxygens (including phenoxy) is 1. The van der Waals surface area contributed by atoms with Crippen molar-refractivity contribution in [2.75, 3.05) is 26.0 Å². The molecule has 2 aromatic carbocycles. The summed E-state index contributed by atoms with van der Waals surface area (Å²) in [6.45, 7) is -0.00789. The summed E-state index contributed by atoms with van der Waals surface area (Å²) in [7, 11) is 3.37. The molecule has 1 aliphatic carbocycles. The monoisotopic (exact) mass is 380 g/mol. The van der Waals surface area contributed by atoms with Crippen LogP contribution < -0.4 is 10.1 Å². The third-order valence-corrected chi connectivity index (χ3v) is 5.22. The predicted octanol–water partition coefficient (Wildman–Crippen LogP) is 4.45. The van der Waals surface area contributed by atoms with E-state index in [0.29, 0.717) is 22.9 Å². The maximum Gasteiger partial charge on any atom is 0.259 e. The first-order chi connectivity index (χ1) is 13.5. The lowest BCUT2D eigenvalue weighted by atomic mass is 9.84. The van der Waals surface area contributed by atoms with Crippen LogP contribution in [-0.2, 0) is 4.79 Å². The fourth-order valence-corrected chi connectivity index (χ4v) is 3.45. The molecule has 28 heavy (non-hydrogen) atoms. The Morgan fingerprint density at radius 2 is 1.61 bits per heavy atom. The van der Waals surface area contributed by atoms with E-state index in [2.05, 4.69) is 17.4 Å². The highest BCUT2D eigenvalue weighted by Gasteiger charge is 2.16. The Morgan fingerprint density at radius 1 is 0.964 bits per heavy atom. The number of hydrogen-bond acceptors (Lipinski definition) is 3. The van der Waals surface area contributed by atoms with Crippen molar-refractivity contribution in [3.05, 3.63) is 59.7 Å². The molecule has 2 aromatic rings. The minimum Gasteiger partial charge on any atom is -0.484 e. The predicted molar refractivity (Wildman–Crippen MR) is 111 cm³/mol. The summed E-state index contributed by atoms with van der Waals surface area (Å²) in [5.74, 6) is 0.989. The van der Waals surface area contributed by atoms with Gasteiger partial charge in [0.25, 0.3) is 11.8 Å². The van der Waals surface area contributed by atoms with Crippen molar-refractivity contribution in [3.8, 4) is 5.75 Å². The van der Waals surface area contributed by atoms with Gasteiger partial charge in [0.15, 0.2) is 6.61 Å². The molecule has 3 rings (SSSR count). The number of amides is 2. The standard InChI is InChI=1S/C23H28N2O3/c1-25(2)22(26)16-28-21-14-12-20(13-15-21)24-23(27)19-10-8-18(9-11-19)17-6-4-3-5-7-17/h8-15,17H,3-7,16H2,1-2H3,(H,24,27). The second-order valence-corrected chi connectivity index (χ2v) is 7.51. The molecule has 1 fully saturated rings. The number of nitrogens with one attached hydrogen (secondary N) is 1. The smallest absolute Gasteiger partial charge is 0.259 e. The summed E-state index contributed by atoms with van der Waals surface area (Å²) >= 11 is 0. The van der Waals surface area contributed by atoms with Crippen molar-refractivity contribution in [2.45, 2.75) is 38.0 Å². The van der Waals surface area contributed by atoms with Crippen molar-refractivity contribution in [1.29, 1.82) is 0 Å². The Labute approximate surface area is 166 Å². The summed E-state index contributed by atoms with van der Waals surface area (Å²) in [5.41, 5.74) is 2.68. The van der Waals surface area contributed by atoms with Gasteiger partial charge in [0.1, 0.15) is 5.75 Å². The van der Waals surface area contributed by atoms with Crippen LogP contribution in [0.1, 0.15) is 53.9 Å². The summed E-state index contributed by atoms with van der Waals surface area (Å²) < 4.78 is 5.44. The lowest BCUT2D eigenvalue weighted by Gasteiger charge is -2.22. The number of carbonyl (C=O) groups is 2. The van der Waals surface area contributed by atoms with Crippen LogP contribution in [0.25, 0.3) is 0 Å². The van der Waals surface area contributed by atoms with Crippen molar-refractivity contribution in [1.82, 2.24) is 4.90 Å². The number of hydrogen-bond donors (Lipinski definition) is 1. The fraction of sp³-hybridized carbons (Fsp3) is 0.391. The van der Waals surface area contributed by atoms with Gasteiger partial charge in [-0.05, 0) is 60.7 Å². The van der Waals surface area contributed by atoms with Gasteiger partial charge >= 0.3 is 0 Å². The Balaban J connectivity index is 1.54. The molecule has 0 radical (unpaired) electrons. The molecule has 1 aliphatic rings. The topological polar surface area (TPSA) is 58.6 Å². The highest BCUT2D eigenvalue weighted by molar-refractivity contribution is 6.04. The van der Waals surface area contributed by atoms with E-state index in [1.165, 1.54) is 42.6 Å². The minimum atomic E-state index is -0.133. The van der Waals surface area contributed by atoms with Crippen molar-refractivity contribution < 1.29 is 14.3 Å². The van der Waals surface area contributed by atoms with E-state index in [0.717, 1.165) is 0 Å². The molecule has 0 atom stereocenters. The average molecular weight is 380 g/mol. The number of carbonyl (C=O) groups excluding carboxylic acids is 2. The van der Waals surface area contributed by atoms with E-state index in [1.807, 2.05) is 12.1 Å². The van der Waals surface area contributed by atoms with Gasteiger partial charge in [0.05, 0.1) is 0 Å². The molecule has 0 aromatic heterocycles. The van der Waals surface area contributed by atoms with Crippen LogP contribution in [0, 0.1) is 0 Å². The SMILES string of the molecule is CN(C)C(=O)COc1ccc(NC(=O)c2ccc(C3CCCCC3)cc2)cc1. The van der Waals surface area contributed by atoms with Gasteiger partial charge in [-0.15, -0.1) is 0 Å². The largest absolute Gasteiger partial charge is 0.484 e. The zero-order valence-corrected chi connectivity index (χ0v) is 16.6. The lowest BCUT2D eigenvalue weighted by Crippen LogP contribution is -2.27. The molecule has 0 aliphatic heterocycles. The number of rotatable bonds is 6. The fourth-order valence-electron chi connectivity index (χ4n) is 3.45. The highest BCUT2D eigenvalue weighted by Crippen LogP contribution is 2.32. The van der Waals surface area contributed by atoms with Gasteiger partial charge in [0, 0.05) is 25.3 Å². The minimum absolute atomic E-state index is 0.00789. The summed E-state index contributed by atoms with van der Waals surface area (Å²) in [5, 5.41) is 2.90. The van der Waals surface area contributed by atoms with Crippen molar-refractivity contribution in [2.24, 2.45) is 0 Å². The van der Waals surface area contributed by atoms with Crippen LogP contribution in [0.15, 0.2) is 48.5 Å². The van der Waals surface area contributed by atoms with Crippen LogP contribution >= 0.6 is 0 Å². The van der Waals surface area contributed by atoms with Gasteiger partial charge in [-0.25, -0.2) is 0 Å². The van der Waals surface area contributed by atoms with Crippen LogP contribution in [0.3, 0.4) is 0 Å². The molecule has 148 valence electrons. The van der Waals surface area contributed by atoms with E-state index >= 15 is 0 Å². The second-order valence-electron chi connectivity index (χ2n) is 7.51. The molecular weight excluding hydrogens is 352 g/mol. The Hall–Kier alpha value is -2.82. The maximum atomic E-state index is 12.5. The van der Waals surface area contributed by atoms with Gasteiger partial charge in [-0.3, -0.25) is 9.59 Å². The third-order valence-electron chi connectivity index (χ3n) is 5.22. The van der Waals surface area contributed by atoms with Crippen molar-refractivity contribution in [3.63, 3.8) is 0 Å². The highest BCUT2D eigenvalue weighted by atomic mass is 16.5. The molecule has 0 unspecified atom stereocenters. The summed E-state index contributed by atoms with van der Waals surface area (Å²) in [6, 6.07) is 15.0. The first-order valence-electron chi connectivity index (χ1n) is 9.87. The number of nitrogens with zero attached hydrogens (tertiary/aromatic N) is 1. The van der Waals surface area contributed by atoms with Crippen LogP contribution in [0.4, 0.5) is 5.69 Å². The molecule has 1 N–H and O–H groups in total. The number of benzene rings is 2. The summed E-state index contributed by atoms with van der Waals surface area (Å²) in [6.07, 6.45) is 6.44. The number of likely N-dealkylation sites (N-methyl/N-ethyl adjacent to an activating group) is 1. The number of anilines is 1. The Kier molecular flexibility index (Phi) is 6.69. The average Bonchev–Trinajstić information content (AvgIpc) is 2.73. The molecule has 5 nitrogen and oxygen atoms in total. The maximum absolute atomic E-state index is 12.5. The molecule has 1 saturated carbocycles. The third kappa shape index (κ3) is 5.35. The molecule has 0 spiro atoms. The lowest BCUT2D eigenvalue weighted by molar-refractivity contribution is -0.130. The van der Waals surface area contributed by atoms with Crippen molar-refractivity contribution >= 4 is 17.5 Å². The van der Waals surface area contributed by atoms with Crippen LogP contribution in [0.2, 0.25) is 0 Å². The first kappa shape index (κ1) is 19.9. The second kappa shape index (κ2) is 9.40. The van der Waals surface area contributed by atoms with Crippen LogP contribution in [0.5, 0.6) is 5.75 Å². The zero-order valence-electron chi connectivity index (χ0n) is 16.6.